The molecular weight excluding hydrogens is 325 g/mol. The van der Waals surface area contributed by atoms with Crippen LogP contribution >= 0.6 is 43.5 Å². The van der Waals surface area contributed by atoms with Crippen molar-refractivity contribution in [3.05, 3.63) is 25.6 Å². The Kier molecular flexibility index (Phi) is 3.21. The Labute approximate surface area is 96.1 Å². The van der Waals surface area contributed by atoms with Crippen molar-refractivity contribution in [1.82, 2.24) is 0 Å². The minimum absolute atomic E-state index is 0.0423. The highest BCUT2D eigenvalue weighted by Crippen LogP contribution is 2.35. The molecule has 0 fully saturated rings. The molecule has 0 aromatic heterocycles. The Morgan fingerprint density at radius 3 is 2.46 bits per heavy atom. The number of carboxylic acid groups (broad SMARTS) is 1. The molecule has 0 saturated heterocycles. The molecule has 13 heavy (non-hydrogen) atoms. The third-order valence-electron chi connectivity index (χ3n) is 1.41. The van der Waals surface area contributed by atoms with Crippen LogP contribution in [0.3, 0.4) is 0 Å². The van der Waals surface area contributed by atoms with Gasteiger partial charge in [-0.05, 0) is 37.9 Å². The zero-order valence-corrected chi connectivity index (χ0v) is 10.0. The second kappa shape index (κ2) is 3.86. The number of halogens is 3. The normalized spacial score (nSPS) is 10.1. The molecule has 0 saturated carbocycles. The van der Waals surface area contributed by atoms with E-state index in [9.17, 15) is 9.90 Å². The van der Waals surface area contributed by atoms with Gasteiger partial charge in [0.25, 0.3) is 0 Å². The molecule has 0 atom stereocenters. The predicted octanol–water partition coefficient (Wildman–Crippen LogP) is 1.81. The van der Waals surface area contributed by atoms with Crippen molar-refractivity contribution in [3.63, 3.8) is 0 Å². The van der Waals surface area contributed by atoms with Crippen LogP contribution in [0.1, 0.15) is 10.4 Å². The van der Waals surface area contributed by atoms with Crippen molar-refractivity contribution in [2.45, 2.75) is 0 Å². The number of carbonyl (C=O) groups is 1. The largest absolute Gasteiger partial charge is 0.545 e. The topological polar surface area (TPSA) is 66.2 Å². The smallest absolute Gasteiger partial charge is 0.0751 e. The number of hydrogen-bond acceptors (Lipinski definition) is 3. The Bertz CT molecular complexity index is 355. The van der Waals surface area contributed by atoms with E-state index in [0.29, 0.717) is 8.95 Å². The molecule has 0 amide bonds. The molecule has 1 rings (SSSR count). The maximum absolute atomic E-state index is 10.6. The van der Waals surface area contributed by atoms with Crippen molar-refractivity contribution >= 4 is 55.1 Å². The van der Waals surface area contributed by atoms with Crippen LogP contribution < -0.4 is 10.8 Å². The minimum Gasteiger partial charge on any atom is -0.545 e. The Hall–Kier alpha value is -0.260. The quantitative estimate of drug-likeness (QED) is 0.631. The van der Waals surface area contributed by atoms with Crippen LogP contribution in [-0.2, 0) is 0 Å². The maximum Gasteiger partial charge on any atom is 0.0751 e. The number of nitrogen functional groups attached to an aromatic ring is 1. The highest BCUT2D eigenvalue weighted by molar-refractivity contribution is 9.11. The van der Waals surface area contributed by atoms with Crippen LogP contribution in [-0.4, -0.2) is 5.97 Å². The van der Waals surface area contributed by atoms with E-state index in [-0.39, 0.29) is 16.3 Å². The van der Waals surface area contributed by atoms with E-state index >= 15 is 0 Å². The van der Waals surface area contributed by atoms with Crippen molar-refractivity contribution in [2.75, 3.05) is 5.73 Å². The summed E-state index contributed by atoms with van der Waals surface area (Å²) < 4.78 is 0.914. The molecule has 1 aromatic carbocycles. The molecule has 0 unspecified atom stereocenters. The van der Waals surface area contributed by atoms with Gasteiger partial charge in [0.1, 0.15) is 0 Å². The van der Waals surface area contributed by atoms with E-state index in [1.165, 1.54) is 0 Å². The third kappa shape index (κ3) is 1.98. The minimum atomic E-state index is -1.40. The monoisotopic (exact) mass is 326 g/mol. The Balaban J connectivity index is 3.56. The molecule has 0 aliphatic rings. The van der Waals surface area contributed by atoms with Crippen LogP contribution in [0.25, 0.3) is 0 Å². The lowest BCUT2D eigenvalue weighted by Gasteiger charge is -2.11. The Morgan fingerprint density at radius 2 is 2.00 bits per heavy atom. The van der Waals surface area contributed by atoms with Gasteiger partial charge < -0.3 is 15.6 Å². The fourth-order valence-electron chi connectivity index (χ4n) is 0.809. The lowest BCUT2D eigenvalue weighted by molar-refractivity contribution is -0.254. The van der Waals surface area contributed by atoms with Gasteiger partial charge >= 0.3 is 0 Å². The summed E-state index contributed by atoms with van der Waals surface area (Å²) in [6.07, 6.45) is 0. The molecule has 2 N–H and O–H groups in total. The molecule has 0 spiro atoms. The van der Waals surface area contributed by atoms with Gasteiger partial charge in [-0.1, -0.05) is 11.6 Å². The van der Waals surface area contributed by atoms with E-state index in [2.05, 4.69) is 31.9 Å². The number of benzene rings is 1. The summed E-state index contributed by atoms with van der Waals surface area (Å²) >= 11 is 11.9. The number of anilines is 1. The second-order valence-corrected chi connectivity index (χ2v) is 4.32. The van der Waals surface area contributed by atoms with Gasteiger partial charge in [0.15, 0.2) is 0 Å². The number of rotatable bonds is 1. The highest BCUT2D eigenvalue weighted by Gasteiger charge is 2.12. The van der Waals surface area contributed by atoms with Gasteiger partial charge in [0, 0.05) is 14.5 Å². The molecule has 1 aromatic rings. The zero-order chi connectivity index (χ0) is 10.2. The first-order valence-corrected chi connectivity index (χ1v) is 5.06. The van der Waals surface area contributed by atoms with Crippen molar-refractivity contribution in [1.29, 1.82) is 0 Å². The molecular formula is C7H3Br2ClNO2-. The van der Waals surface area contributed by atoms with Gasteiger partial charge in [-0.3, -0.25) is 0 Å². The first-order chi connectivity index (χ1) is 5.95. The zero-order valence-electron chi connectivity index (χ0n) is 6.11. The first-order valence-electron chi connectivity index (χ1n) is 3.09. The van der Waals surface area contributed by atoms with E-state index in [0.717, 1.165) is 0 Å². The fourth-order valence-corrected chi connectivity index (χ4v) is 2.20. The van der Waals surface area contributed by atoms with Gasteiger partial charge in [0.05, 0.1) is 16.7 Å². The van der Waals surface area contributed by atoms with E-state index < -0.39 is 5.97 Å². The first kappa shape index (κ1) is 10.8. The summed E-state index contributed by atoms with van der Waals surface area (Å²) in [7, 11) is 0. The summed E-state index contributed by atoms with van der Waals surface area (Å²) in [6.45, 7) is 0. The van der Waals surface area contributed by atoms with Crippen LogP contribution in [0.5, 0.6) is 0 Å². The average Bonchev–Trinajstić information content (AvgIpc) is 2.01. The predicted molar refractivity (Wildman–Crippen MR) is 55.6 cm³/mol. The van der Waals surface area contributed by atoms with E-state index in [4.69, 9.17) is 17.3 Å². The van der Waals surface area contributed by atoms with Crippen LogP contribution in [0.4, 0.5) is 5.69 Å². The van der Waals surface area contributed by atoms with Crippen LogP contribution in [0.2, 0.25) is 5.02 Å². The molecule has 0 radical (unpaired) electrons. The van der Waals surface area contributed by atoms with Gasteiger partial charge in [-0.25, -0.2) is 0 Å². The maximum atomic E-state index is 10.6. The molecule has 0 aliphatic heterocycles. The molecule has 70 valence electrons. The molecule has 6 heteroatoms. The van der Waals surface area contributed by atoms with Crippen molar-refractivity contribution in [3.8, 4) is 0 Å². The van der Waals surface area contributed by atoms with Crippen LogP contribution in [0.15, 0.2) is 15.0 Å². The molecule has 0 heterocycles. The van der Waals surface area contributed by atoms with Crippen LogP contribution in [0, 0.1) is 0 Å². The van der Waals surface area contributed by atoms with Gasteiger partial charge in [-0.15, -0.1) is 0 Å². The molecule has 3 nitrogen and oxygen atoms in total. The lowest BCUT2D eigenvalue weighted by Crippen LogP contribution is -2.24. The SMILES string of the molecule is Nc1c(Br)cc(Br)c(Cl)c1C(=O)[O-]. The van der Waals surface area contributed by atoms with E-state index in [1.54, 1.807) is 6.07 Å². The number of nitrogens with two attached hydrogens (primary N) is 1. The summed E-state index contributed by atoms with van der Waals surface area (Å²) in [6, 6.07) is 1.57. The third-order valence-corrected chi connectivity index (χ3v) is 3.32. The number of carboxylic acids is 1. The van der Waals surface area contributed by atoms with Gasteiger partial charge in [0.2, 0.25) is 0 Å². The number of hydrogen-bond donors (Lipinski definition) is 1. The van der Waals surface area contributed by atoms with E-state index in [1.807, 2.05) is 0 Å². The summed E-state index contributed by atoms with van der Waals surface area (Å²) in [5.74, 6) is -1.40. The second-order valence-electron chi connectivity index (χ2n) is 2.23. The summed E-state index contributed by atoms with van der Waals surface area (Å²) in [5, 5.41) is 10.7. The van der Waals surface area contributed by atoms with Crippen molar-refractivity contribution < 1.29 is 9.90 Å². The standard InChI is InChI=1S/C7H4Br2ClNO2/c8-2-1-3(9)6(11)4(5(2)10)7(12)13/h1H,11H2,(H,12,13)/p-1. The molecule has 0 aliphatic carbocycles. The Morgan fingerprint density at radius 1 is 1.46 bits per heavy atom. The average molecular weight is 328 g/mol. The lowest BCUT2D eigenvalue weighted by atomic mass is 10.2. The van der Waals surface area contributed by atoms with Gasteiger partial charge in [-0.2, -0.15) is 0 Å². The molecule has 0 bridgehead atoms. The van der Waals surface area contributed by atoms with Crippen molar-refractivity contribution in [2.24, 2.45) is 0 Å². The number of aromatic carboxylic acids is 1. The number of carbonyl (C=O) groups excluding carboxylic acids is 1. The fraction of sp³-hybridized carbons (Fsp3) is 0. The highest BCUT2D eigenvalue weighted by atomic mass is 79.9. The summed E-state index contributed by atoms with van der Waals surface area (Å²) in [4.78, 5) is 10.6. The summed E-state index contributed by atoms with van der Waals surface area (Å²) in [5.41, 5.74) is 5.34.